The standard InChI is InChI=1S/C15H26/c1-3-4-11-8-12-9-15(11)13-6-5-10(2)7-14(12)13/h10-15H,3-9H2,1-2H3. The van der Waals surface area contributed by atoms with Crippen molar-refractivity contribution < 1.29 is 0 Å². The van der Waals surface area contributed by atoms with E-state index in [1.165, 1.54) is 19.3 Å². The number of hydrogen-bond donors (Lipinski definition) is 0. The van der Waals surface area contributed by atoms with Gasteiger partial charge in [0.2, 0.25) is 0 Å². The van der Waals surface area contributed by atoms with Gasteiger partial charge >= 0.3 is 0 Å². The van der Waals surface area contributed by atoms with Gasteiger partial charge in [0.1, 0.15) is 0 Å². The molecule has 0 aromatic rings. The zero-order valence-electron chi connectivity index (χ0n) is 10.4. The highest BCUT2D eigenvalue weighted by molar-refractivity contribution is 5.02. The van der Waals surface area contributed by atoms with Crippen molar-refractivity contribution in [3.05, 3.63) is 0 Å². The van der Waals surface area contributed by atoms with E-state index < -0.39 is 0 Å². The van der Waals surface area contributed by atoms with E-state index in [4.69, 9.17) is 0 Å². The second-order valence-corrected chi connectivity index (χ2v) is 6.69. The van der Waals surface area contributed by atoms with Crippen molar-refractivity contribution in [3.63, 3.8) is 0 Å². The van der Waals surface area contributed by atoms with E-state index in [-0.39, 0.29) is 0 Å². The van der Waals surface area contributed by atoms with E-state index in [0.29, 0.717) is 0 Å². The minimum atomic E-state index is 1.04. The molecule has 3 aliphatic carbocycles. The highest BCUT2D eigenvalue weighted by Gasteiger charge is 2.52. The van der Waals surface area contributed by atoms with Gasteiger partial charge in [-0.15, -0.1) is 0 Å². The van der Waals surface area contributed by atoms with Gasteiger partial charge in [-0.2, -0.15) is 0 Å². The molecule has 0 saturated heterocycles. The Bertz CT molecular complexity index is 230. The summed E-state index contributed by atoms with van der Waals surface area (Å²) in [7, 11) is 0. The Hall–Kier alpha value is 0. The Balaban J connectivity index is 1.71. The molecule has 15 heavy (non-hydrogen) atoms. The Labute approximate surface area is 94.8 Å². The third-order valence-electron chi connectivity index (χ3n) is 5.82. The predicted molar refractivity (Wildman–Crippen MR) is 64.6 cm³/mol. The molecule has 6 unspecified atom stereocenters. The molecule has 2 bridgehead atoms. The van der Waals surface area contributed by atoms with Gasteiger partial charge < -0.3 is 0 Å². The lowest BCUT2D eigenvalue weighted by atomic mass is 9.64. The van der Waals surface area contributed by atoms with Crippen LogP contribution in [0.5, 0.6) is 0 Å². The fraction of sp³-hybridized carbons (Fsp3) is 1.00. The molecule has 3 saturated carbocycles. The molecule has 0 aromatic heterocycles. The highest BCUT2D eigenvalue weighted by Crippen LogP contribution is 2.61. The van der Waals surface area contributed by atoms with Crippen LogP contribution >= 0.6 is 0 Å². The normalized spacial score (nSPS) is 53.2. The summed E-state index contributed by atoms with van der Waals surface area (Å²) in [6.07, 6.45) is 10.8. The van der Waals surface area contributed by atoms with E-state index in [2.05, 4.69) is 13.8 Å². The maximum atomic E-state index is 2.48. The van der Waals surface area contributed by atoms with E-state index in [1.54, 1.807) is 25.7 Å². The van der Waals surface area contributed by atoms with Crippen LogP contribution in [-0.2, 0) is 0 Å². The second-order valence-electron chi connectivity index (χ2n) is 6.69. The van der Waals surface area contributed by atoms with E-state index in [1.807, 2.05) is 0 Å². The Kier molecular flexibility index (Phi) is 2.57. The Morgan fingerprint density at radius 2 is 1.80 bits per heavy atom. The second kappa shape index (κ2) is 3.79. The van der Waals surface area contributed by atoms with Crippen LogP contribution in [0.4, 0.5) is 0 Å². The molecule has 0 heterocycles. The Morgan fingerprint density at radius 1 is 0.933 bits per heavy atom. The van der Waals surface area contributed by atoms with E-state index >= 15 is 0 Å². The first-order valence-corrected chi connectivity index (χ1v) is 7.29. The van der Waals surface area contributed by atoms with Gasteiger partial charge in [-0.25, -0.2) is 0 Å². The summed E-state index contributed by atoms with van der Waals surface area (Å²) in [5.74, 6) is 6.81. The van der Waals surface area contributed by atoms with Gasteiger partial charge in [0.25, 0.3) is 0 Å². The van der Waals surface area contributed by atoms with Crippen LogP contribution in [0, 0.1) is 35.5 Å². The summed E-state index contributed by atoms with van der Waals surface area (Å²) in [5.41, 5.74) is 0. The predicted octanol–water partition coefficient (Wildman–Crippen LogP) is 4.49. The quantitative estimate of drug-likeness (QED) is 0.624. The maximum Gasteiger partial charge on any atom is -0.0352 e. The first-order valence-electron chi connectivity index (χ1n) is 7.29. The van der Waals surface area contributed by atoms with Gasteiger partial charge in [0, 0.05) is 0 Å². The van der Waals surface area contributed by atoms with Crippen molar-refractivity contribution in [1.82, 2.24) is 0 Å². The minimum Gasteiger partial charge on any atom is -0.0654 e. The van der Waals surface area contributed by atoms with Gasteiger partial charge in [-0.05, 0) is 61.2 Å². The van der Waals surface area contributed by atoms with Crippen LogP contribution in [0.25, 0.3) is 0 Å². The fourth-order valence-corrected chi connectivity index (χ4v) is 5.30. The number of hydrogen-bond acceptors (Lipinski definition) is 0. The van der Waals surface area contributed by atoms with Crippen molar-refractivity contribution in [1.29, 1.82) is 0 Å². The molecule has 0 aliphatic heterocycles. The number of fused-ring (bicyclic) bond motifs is 5. The van der Waals surface area contributed by atoms with Gasteiger partial charge in [0.15, 0.2) is 0 Å². The highest BCUT2D eigenvalue weighted by atomic mass is 14.6. The van der Waals surface area contributed by atoms with Crippen LogP contribution in [-0.4, -0.2) is 0 Å². The van der Waals surface area contributed by atoms with Gasteiger partial charge in [-0.3, -0.25) is 0 Å². The molecular formula is C15H26. The topological polar surface area (TPSA) is 0 Å². The summed E-state index contributed by atoms with van der Waals surface area (Å²) < 4.78 is 0. The van der Waals surface area contributed by atoms with Crippen molar-refractivity contribution in [2.45, 2.75) is 58.8 Å². The molecule has 3 aliphatic rings. The molecule has 6 atom stereocenters. The molecule has 0 nitrogen and oxygen atoms in total. The molecule has 86 valence electrons. The molecule has 0 radical (unpaired) electrons. The van der Waals surface area contributed by atoms with E-state index in [0.717, 1.165) is 35.5 Å². The monoisotopic (exact) mass is 206 g/mol. The molecule has 0 N–H and O–H groups in total. The van der Waals surface area contributed by atoms with Gasteiger partial charge in [-0.1, -0.05) is 33.1 Å². The first-order chi connectivity index (χ1) is 7.29. The third-order valence-corrected chi connectivity index (χ3v) is 5.82. The van der Waals surface area contributed by atoms with Crippen molar-refractivity contribution in [3.8, 4) is 0 Å². The lowest BCUT2D eigenvalue weighted by Gasteiger charge is -2.41. The third kappa shape index (κ3) is 1.56. The molecule has 3 rings (SSSR count). The largest absolute Gasteiger partial charge is 0.0654 e. The lowest BCUT2D eigenvalue weighted by molar-refractivity contribution is 0.0875. The smallest absolute Gasteiger partial charge is 0.0352 e. The summed E-state index contributed by atoms with van der Waals surface area (Å²) in [4.78, 5) is 0. The summed E-state index contributed by atoms with van der Waals surface area (Å²) in [6, 6.07) is 0. The van der Waals surface area contributed by atoms with Crippen molar-refractivity contribution in [2.75, 3.05) is 0 Å². The minimum absolute atomic E-state index is 1.04. The van der Waals surface area contributed by atoms with E-state index in [9.17, 15) is 0 Å². The first kappa shape index (κ1) is 10.2. The van der Waals surface area contributed by atoms with Crippen LogP contribution in [0.1, 0.15) is 58.8 Å². The summed E-state index contributed by atoms with van der Waals surface area (Å²) in [5, 5.41) is 0. The summed E-state index contributed by atoms with van der Waals surface area (Å²) >= 11 is 0. The maximum absolute atomic E-state index is 2.48. The SMILES string of the molecule is CCCC1CC2CC1C1CCC(C)CC21. The molecule has 0 spiro atoms. The zero-order valence-corrected chi connectivity index (χ0v) is 10.4. The molecule has 0 amide bonds. The van der Waals surface area contributed by atoms with Crippen molar-refractivity contribution >= 4 is 0 Å². The molecule has 0 aromatic carbocycles. The summed E-state index contributed by atoms with van der Waals surface area (Å²) in [6.45, 7) is 4.85. The van der Waals surface area contributed by atoms with Crippen LogP contribution in [0.3, 0.4) is 0 Å². The van der Waals surface area contributed by atoms with Crippen LogP contribution in [0.2, 0.25) is 0 Å². The Morgan fingerprint density at radius 3 is 2.60 bits per heavy atom. The van der Waals surface area contributed by atoms with Gasteiger partial charge in [0.05, 0.1) is 0 Å². The molecule has 3 fully saturated rings. The van der Waals surface area contributed by atoms with Crippen LogP contribution in [0.15, 0.2) is 0 Å². The lowest BCUT2D eigenvalue weighted by Crippen LogP contribution is -2.32. The average Bonchev–Trinajstić information content (AvgIpc) is 2.76. The average molecular weight is 206 g/mol. The fourth-order valence-electron chi connectivity index (χ4n) is 5.30. The zero-order chi connectivity index (χ0) is 10.4. The molecule has 0 heteroatoms. The van der Waals surface area contributed by atoms with Crippen LogP contribution < -0.4 is 0 Å². The number of rotatable bonds is 2. The molecular weight excluding hydrogens is 180 g/mol. The van der Waals surface area contributed by atoms with Crippen molar-refractivity contribution in [2.24, 2.45) is 35.5 Å².